The molecule has 0 aromatic rings. The van der Waals surface area contributed by atoms with E-state index < -0.39 is 16.7 Å². The monoisotopic (exact) mass is 266 g/mol. The Bertz CT molecular complexity index is 133. The van der Waals surface area contributed by atoms with E-state index in [4.69, 9.17) is 33.7 Å². The summed E-state index contributed by atoms with van der Waals surface area (Å²) >= 11 is 19.2. The standard InChI is InChI=1S/C3H5F3.Cl3PS/c1-2-3(4,5)6;1-4(2,3)5/h2H2,1H3;. The third-order valence-electron chi connectivity index (χ3n) is 0.401. The highest BCUT2D eigenvalue weighted by Gasteiger charge is 2.22. The average Bonchev–Trinajstić information content (AvgIpc) is 1.59. The highest BCUT2D eigenvalue weighted by atomic mass is 36.1. The minimum absolute atomic E-state index is 0.729. The fourth-order valence-electron chi connectivity index (χ4n) is 0. The van der Waals surface area contributed by atoms with Crippen LogP contribution in [0.1, 0.15) is 13.3 Å². The number of hydrogen-bond donors (Lipinski definition) is 0. The van der Waals surface area contributed by atoms with Crippen LogP contribution in [0.3, 0.4) is 0 Å². The maximum Gasteiger partial charge on any atom is 0.388 e. The zero-order chi connectivity index (χ0) is 9.71. The molecule has 70 valence electrons. The van der Waals surface area contributed by atoms with Gasteiger partial charge < -0.3 is 0 Å². The second-order valence-corrected chi connectivity index (χ2v) is 11.7. The molecule has 0 unspecified atom stereocenters. The lowest BCUT2D eigenvalue weighted by molar-refractivity contribution is -0.130. The van der Waals surface area contributed by atoms with Crippen molar-refractivity contribution >= 4 is 49.6 Å². The summed E-state index contributed by atoms with van der Waals surface area (Å²) < 4.78 is 30.0. The maximum atomic E-state index is 10.8. The number of hydrogen-bond acceptors (Lipinski definition) is 1. The average molecular weight is 267 g/mol. The molecular weight excluding hydrogens is 262 g/mol. The van der Waals surface area contributed by atoms with Gasteiger partial charge in [-0.25, -0.2) is 0 Å². The van der Waals surface area contributed by atoms with Crippen LogP contribution in [0.15, 0.2) is 0 Å². The van der Waals surface area contributed by atoms with Crippen LogP contribution < -0.4 is 0 Å². The SMILES string of the molecule is CCC(F)(F)F.S=P(Cl)(Cl)Cl. The molecule has 0 N–H and O–H groups in total. The van der Waals surface area contributed by atoms with Crippen molar-refractivity contribution in [3.05, 3.63) is 0 Å². The summed E-state index contributed by atoms with van der Waals surface area (Å²) in [5.74, 6) is 0. The first-order chi connectivity index (χ1) is 4.56. The second-order valence-electron chi connectivity index (χ2n) is 1.37. The Morgan fingerprint density at radius 2 is 1.36 bits per heavy atom. The van der Waals surface area contributed by atoms with Crippen molar-refractivity contribution < 1.29 is 13.2 Å². The van der Waals surface area contributed by atoms with Crippen LogP contribution >= 0.6 is 37.8 Å². The highest BCUT2D eigenvalue weighted by Crippen LogP contribution is 2.61. The molecule has 0 heterocycles. The topological polar surface area (TPSA) is 0 Å². The first kappa shape index (κ1) is 14.8. The van der Waals surface area contributed by atoms with E-state index in [1.54, 1.807) is 0 Å². The van der Waals surface area contributed by atoms with Crippen molar-refractivity contribution in [3.8, 4) is 0 Å². The van der Waals surface area contributed by atoms with E-state index in [1.807, 2.05) is 0 Å². The first-order valence-corrected chi connectivity index (χ1v) is 7.83. The van der Waals surface area contributed by atoms with E-state index >= 15 is 0 Å². The minimum Gasteiger partial charge on any atom is -0.171 e. The van der Waals surface area contributed by atoms with Crippen molar-refractivity contribution in [2.24, 2.45) is 0 Å². The second kappa shape index (κ2) is 5.87. The summed E-state index contributed by atoms with van der Waals surface area (Å²) in [7, 11) is 0. The van der Waals surface area contributed by atoms with Crippen LogP contribution in [0.5, 0.6) is 0 Å². The van der Waals surface area contributed by atoms with Gasteiger partial charge in [-0.05, 0) is 11.8 Å². The Balaban J connectivity index is 0. The van der Waals surface area contributed by atoms with Crippen LogP contribution in [-0.2, 0) is 11.8 Å². The summed E-state index contributed by atoms with van der Waals surface area (Å²) in [6.45, 7) is 1.08. The summed E-state index contributed by atoms with van der Waals surface area (Å²) in [4.78, 5) is 0. The van der Waals surface area contributed by atoms with E-state index in [1.165, 1.54) is 0 Å². The normalized spacial score (nSPS) is 11.9. The van der Waals surface area contributed by atoms with Gasteiger partial charge in [0.1, 0.15) is 0 Å². The van der Waals surface area contributed by atoms with Crippen LogP contribution in [0.25, 0.3) is 0 Å². The van der Waals surface area contributed by atoms with Gasteiger partial charge in [-0.3, -0.25) is 0 Å². The van der Waals surface area contributed by atoms with Gasteiger partial charge in [-0.15, -0.1) is 0 Å². The van der Waals surface area contributed by atoms with Gasteiger partial charge in [-0.1, -0.05) is 40.6 Å². The molecule has 0 saturated heterocycles. The summed E-state index contributed by atoms with van der Waals surface area (Å²) in [6, 6.07) is 0. The molecule has 0 aliphatic carbocycles. The van der Waals surface area contributed by atoms with E-state index in [0.717, 1.165) is 6.92 Å². The Morgan fingerprint density at radius 3 is 1.36 bits per heavy atom. The van der Waals surface area contributed by atoms with Crippen LogP contribution in [0.4, 0.5) is 13.2 Å². The van der Waals surface area contributed by atoms with Gasteiger partial charge in [0.15, 0.2) is 0 Å². The Morgan fingerprint density at radius 1 is 1.27 bits per heavy atom. The fourth-order valence-corrected chi connectivity index (χ4v) is 0. The molecule has 0 amide bonds. The largest absolute Gasteiger partial charge is 0.388 e. The van der Waals surface area contributed by atoms with Gasteiger partial charge >= 0.3 is 6.18 Å². The van der Waals surface area contributed by atoms with Crippen molar-refractivity contribution in [3.63, 3.8) is 0 Å². The molecule has 0 aromatic heterocycles. The molecule has 11 heavy (non-hydrogen) atoms. The van der Waals surface area contributed by atoms with Gasteiger partial charge in [0.25, 0.3) is 0 Å². The van der Waals surface area contributed by atoms with E-state index in [9.17, 15) is 13.2 Å². The van der Waals surface area contributed by atoms with E-state index in [0.29, 0.717) is 0 Å². The zero-order valence-corrected chi connectivity index (χ0v) is 9.31. The van der Waals surface area contributed by atoms with Gasteiger partial charge in [0.2, 0.25) is 4.10 Å². The molecule has 0 spiro atoms. The lowest BCUT2D eigenvalue weighted by Crippen LogP contribution is -2.02. The molecule has 0 saturated carbocycles. The quantitative estimate of drug-likeness (QED) is 0.563. The van der Waals surface area contributed by atoms with Crippen molar-refractivity contribution in [1.29, 1.82) is 0 Å². The number of alkyl halides is 3. The molecule has 8 heteroatoms. The maximum absolute atomic E-state index is 10.8. The van der Waals surface area contributed by atoms with Gasteiger partial charge in [-0.2, -0.15) is 13.2 Å². The zero-order valence-electron chi connectivity index (χ0n) is 5.33. The van der Waals surface area contributed by atoms with Crippen LogP contribution in [0.2, 0.25) is 0 Å². The van der Waals surface area contributed by atoms with Gasteiger partial charge in [0.05, 0.1) is 0 Å². The fraction of sp³-hybridized carbons (Fsp3) is 1.00. The summed E-state index contributed by atoms with van der Waals surface area (Å²) in [5, 5.41) is 0. The van der Waals surface area contributed by atoms with E-state index in [2.05, 4.69) is 11.8 Å². The summed E-state index contributed by atoms with van der Waals surface area (Å²) in [6.07, 6.45) is -4.69. The predicted octanol–water partition coefficient (Wildman–Crippen LogP) is 4.89. The molecule has 0 bridgehead atoms. The van der Waals surface area contributed by atoms with Crippen molar-refractivity contribution in [1.82, 2.24) is 0 Å². The minimum atomic E-state index is -3.96. The third kappa shape index (κ3) is 52.8. The molecular formula is C3H5Cl3F3PS. The van der Waals surface area contributed by atoms with E-state index in [-0.39, 0.29) is 0 Å². The summed E-state index contributed by atoms with van der Waals surface area (Å²) in [5.41, 5.74) is 0. The lowest BCUT2D eigenvalue weighted by Gasteiger charge is -1.96. The molecule has 0 aliphatic rings. The molecule has 0 fully saturated rings. The van der Waals surface area contributed by atoms with Crippen LogP contribution in [-0.4, -0.2) is 6.18 Å². The molecule has 0 atom stereocenters. The highest BCUT2D eigenvalue weighted by molar-refractivity contribution is 8.50. The Kier molecular flexibility index (Phi) is 7.91. The third-order valence-corrected chi connectivity index (χ3v) is 0.401. The number of rotatable bonds is 0. The predicted molar refractivity (Wildman–Crippen MR) is 48.2 cm³/mol. The van der Waals surface area contributed by atoms with Gasteiger partial charge in [0, 0.05) is 6.42 Å². The molecule has 0 nitrogen and oxygen atoms in total. The smallest absolute Gasteiger partial charge is 0.171 e. The first-order valence-electron chi connectivity index (χ1n) is 2.32. The van der Waals surface area contributed by atoms with Crippen molar-refractivity contribution in [2.45, 2.75) is 19.5 Å². The lowest BCUT2D eigenvalue weighted by atomic mass is 10.5. The van der Waals surface area contributed by atoms with Crippen LogP contribution in [0, 0.1) is 0 Å². The Hall–Kier alpha value is 1.31. The van der Waals surface area contributed by atoms with Crippen molar-refractivity contribution in [2.75, 3.05) is 0 Å². The molecule has 0 radical (unpaired) electrons. The Labute approximate surface area is 82.4 Å². The molecule has 0 aliphatic heterocycles. The molecule has 0 aromatic carbocycles. The number of halogens is 6. The molecule has 0 rings (SSSR count).